The minimum atomic E-state index is -1.04. The average Bonchev–Trinajstić information content (AvgIpc) is 2.54. The third kappa shape index (κ3) is 6.10. The van der Waals surface area contributed by atoms with E-state index in [4.69, 9.17) is 9.47 Å². The van der Waals surface area contributed by atoms with E-state index >= 15 is 0 Å². The zero-order valence-electron chi connectivity index (χ0n) is 14.8. The van der Waals surface area contributed by atoms with Crippen LogP contribution >= 0.6 is 0 Å². The van der Waals surface area contributed by atoms with Crippen LogP contribution < -0.4 is 14.8 Å². The van der Waals surface area contributed by atoms with Crippen LogP contribution in [0.1, 0.15) is 50.4 Å². The summed E-state index contributed by atoms with van der Waals surface area (Å²) in [6, 6.07) is 3.92. The van der Waals surface area contributed by atoms with Crippen LogP contribution in [0.3, 0.4) is 0 Å². The van der Waals surface area contributed by atoms with Crippen LogP contribution in [0, 0.1) is 5.92 Å². The van der Waals surface area contributed by atoms with E-state index < -0.39 is 17.9 Å². The highest BCUT2D eigenvalue weighted by Crippen LogP contribution is 2.28. The number of amides is 1. The maximum atomic E-state index is 12.3. The largest absolute Gasteiger partial charge is 0.493 e. The Balaban J connectivity index is 2.84. The monoisotopic (exact) mass is 337 g/mol. The quantitative estimate of drug-likeness (QED) is 0.641. The van der Waals surface area contributed by atoms with Crippen molar-refractivity contribution < 1.29 is 24.2 Å². The summed E-state index contributed by atoms with van der Waals surface area (Å²) in [6.45, 7) is 6.47. The summed E-state index contributed by atoms with van der Waals surface area (Å²) in [5.41, 5.74) is 0.338. The molecule has 0 heterocycles. The molecule has 0 bridgehead atoms. The average molecular weight is 337 g/mol. The molecule has 24 heavy (non-hydrogen) atoms. The molecular weight excluding hydrogens is 310 g/mol. The molecule has 1 unspecified atom stereocenters. The standard InChI is InChI=1S/C18H27NO5/c1-5-6-9-24-15-8-7-13(11-16(15)23-4)17(20)19-14(18(21)22)10-12(2)3/h7-8,11-12,14H,5-6,9-10H2,1-4H3,(H,19,20)(H,21,22). The van der Waals surface area contributed by atoms with Crippen molar-refractivity contribution >= 4 is 11.9 Å². The van der Waals surface area contributed by atoms with Crippen LogP contribution in [0.15, 0.2) is 18.2 Å². The van der Waals surface area contributed by atoms with Gasteiger partial charge in [0.2, 0.25) is 0 Å². The summed E-state index contributed by atoms with van der Waals surface area (Å²) in [5.74, 6) is -0.297. The number of carboxylic acids is 1. The van der Waals surface area contributed by atoms with Crippen molar-refractivity contribution in [1.82, 2.24) is 5.32 Å². The maximum Gasteiger partial charge on any atom is 0.326 e. The first-order chi connectivity index (χ1) is 11.4. The zero-order chi connectivity index (χ0) is 18.1. The Kier molecular flexibility index (Phi) is 8.09. The van der Waals surface area contributed by atoms with Crippen LogP contribution in [0.4, 0.5) is 0 Å². The minimum Gasteiger partial charge on any atom is -0.493 e. The van der Waals surface area contributed by atoms with Crippen molar-refractivity contribution in [2.24, 2.45) is 5.92 Å². The fourth-order valence-electron chi connectivity index (χ4n) is 2.19. The van der Waals surface area contributed by atoms with E-state index in [-0.39, 0.29) is 5.92 Å². The Labute approximate surface area is 143 Å². The van der Waals surface area contributed by atoms with Crippen molar-refractivity contribution in [3.05, 3.63) is 23.8 Å². The van der Waals surface area contributed by atoms with Crippen LogP contribution in [0.2, 0.25) is 0 Å². The summed E-state index contributed by atoms with van der Waals surface area (Å²) in [6.07, 6.45) is 2.33. The molecule has 2 N–H and O–H groups in total. The molecule has 0 aliphatic rings. The molecule has 1 rings (SSSR count). The van der Waals surface area contributed by atoms with Gasteiger partial charge in [-0.05, 0) is 37.0 Å². The van der Waals surface area contributed by atoms with Crippen LogP contribution in [-0.2, 0) is 4.79 Å². The highest BCUT2D eigenvalue weighted by Gasteiger charge is 2.22. The summed E-state index contributed by atoms with van der Waals surface area (Å²) < 4.78 is 10.9. The number of hydrogen-bond donors (Lipinski definition) is 2. The summed E-state index contributed by atoms with van der Waals surface area (Å²) >= 11 is 0. The molecular formula is C18H27NO5. The van der Waals surface area contributed by atoms with Crippen molar-refractivity contribution in [2.45, 2.75) is 46.1 Å². The number of benzene rings is 1. The van der Waals surface area contributed by atoms with Crippen molar-refractivity contribution in [1.29, 1.82) is 0 Å². The number of carbonyl (C=O) groups is 2. The molecule has 1 atom stereocenters. The molecule has 0 spiro atoms. The molecule has 0 aliphatic carbocycles. The Hall–Kier alpha value is -2.24. The van der Waals surface area contributed by atoms with Crippen molar-refractivity contribution in [2.75, 3.05) is 13.7 Å². The van der Waals surface area contributed by atoms with E-state index in [0.717, 1.165) is 12.8 Å². The first-order valence-corrected chi connectivity index (χ1v) is 8.23. The summed E-state index contributed by atoms with van der Waals surface area (Å²) in [7, 11) is 1.50. The van der Waals surface area contributed by atoms with E-state index in [0.29, 0.717) is 30.1 Å². The third-order valence-electron chi connectivity index (χ3n) is 3.49. The van der Waals surface area contributed by atoms with Gasteiger partial charge < -0.3 is 19.9 Å². The number of ether oxygens (including phenoxy) is 2. The Morgan fingerprint density at radius 1 is 1.25 bits per heavy atom. The second kappa shape index (κ2) is 9.80. The van der Waals surface area contributed by atoms with E-state index in [2.05, 4.69) is 12.2 Å². The van der Waals surface area contributed by atoms with Crippen LogP contribution in [0.25, 0.3) is 0 Å². The number of rotatable bonds is 10. The van der Waals surface area contributed by atoms with Gasteiger partial charge >= 0.3 is 5.97 Å². The number of hydrogen-bond acceptors (Lipinski definition) is 4. The first kappa shape index (κ1) is 19.8. The van der Waals surface area contributed by atoms with E-state index in [1.54, 1.807) is 18.2 Å². The lowest BCUT2D eigenvalue weighted by Gasteiger charge is -2.17. The normalized spacial score (nSPS) is 11.9. The molecule has 0 fully saturated rings. The Bertz CT molecular complexity index is 556. The molecule has 6 heteroatoms. The number of methoxy groups -OCH3 is 1. The highest BCUT2D eigenvalue weighted by atomic mass is 16.5. The van der Waals surface area contributed by atoms with Crippen molar-refractivity contribution in [3.8, 4) is 11.5 Å². The third-order valence-corrected chi connectivity index (χ3v) is 3.49. The van der Waals surface area contributed by atoms with E-state index in [9.17, 15) is 14.7 Å². The van der Waals surface area contributed by atoms with Gasteiger partial charge in [-0.1, -0.05) is 27.2 Å². The fourth-order valence-corrected chi connectivity index (χ4v) is 2.19. The molecule has 0 saturated heterocycles. The van der Waals surface area contributed by atoms with Gasteiger partial charge in [0.25, 0.3) is 5.91 Å². The molecule has 0 saturated carbocycles. The number of carbonyl (C=O) groups excluding carboxylic acids is 1. The van der Waals surface area contributed by atoms with Gasteiger partial charge in [-0.2, -0.15) is 0 Å². The Morgan fingerprint density at radius 3 is 2.50 bits per heavy atom. The van der Waals surface area contributed by atoms with E-state index in [1.165, 1.54) is 7.11 Å². The van der Waals surface area contributed by atoms with Gasteiger partial charge in [0, 0.05) is 5.56 Å². The van der Waals surface area contributed by atoms with Gasteiger partial charge in [0.1, 0.15) is 6.04 Å². The number of carboxylic acid groups (broad SMARTS) is 1. The maximum absolute atomic E-state index is 12.3. The summed E-state index contributed by atoms with van der Waals surface area (Å²) in [5, 5.41) is 11.8. The SMILES string of the molecule is CCCCOc1ccc(C(=O)NC(CC(C)C)C(=O)O)cc1OC. The van der Waals surface area contributed by atoms with Crippen LogP contribution in [0.5, 0.6) is 11.5 Å². The molecule has 0 radical (unpaired) electrons. The number of unbranched alkanes of at least 4 members (excludes halogenated alkanes) is 1. The second-order valence-corrected chi connectivity index (χ2v) is 6.06. The van der Waals surface area contributed by atoms with Gasteiger partial charge in [-0.15, -0.1) is 0 Å². The lowest BCUT2D eigenvalue weighted by atomic mass is 10.0. The van der Waals surface area contributed by atoms with Gasteiger partial charge in [-0.25, -0.2) is 4.79 Å². The molecule has 0 aromatic heterocycles. The predicted molar refractivity (Wildman–Crippen MR) is 91.7 cm³/mol. The lowest BCUT2D eigenvalue weighted by molar-refractivity contribution is -0.139. The molecule has 0 aliphatic heterocycles. The predicted octanol–water partition coefficient (Wildman–Crippen LogP) is 3.10. The van der Waals surface area contributed by atoms with E-state index in [1.807, 2.05) is 13.8 Å². The van der Waals surface area contributed by atoms with Gasteiger partial charge in [-0.3, -0.25) is 4.79 Å². The molecule has 1 aromatic rings. The molecule has 1 amide bonds. The number of nitrogens with one attached hydrogen (secondary N) is 1. The molecule has 6 nitrogen and oxygen atoms in total. The van der Waals surface area contributed by atoms with Gasteiger partial charge in [0.05, 0.1) is 13.7 Å². The Morgan fingerprint density at radius 2 is 1.96 bits per heavy atom. The minimum absolute atomic E-state index is 0.162. The smallest absolute Gasteiger partial charge is 0.326 e. The lowest BCUT2D eigenvalue weighted by Crippen LogP contribution is -2.41. The molecule has 134 valence electrons. The zero-order valence-corrected chi connectivity index (χ0v) is 14.8. The van der Waals surface area contributed by atoms with Crippen LogP contribution in [-0.4, -0.2) is 36.7 Å². The van der Waals surface area contributed by atoms with Gasteiger partial charge in [0.15, 0.2) is 11.5 Å². The summed E-state index contributed by atoms with van der Waals surface area (Å²) in [4.78, 5) is 23.6. The molecule has 1 aromatic carbocycles. The fraction of sp³-hybridized carbons (Fsp3) is 0.556. The number of aliphatic carboxylic acids is 1. The topological polar surface area (TPSA) is 84.9 Å². The second-order valence-electron chi connectivity index (χ2n) is 6.06. The highest BCUT2D eigenvalue weighted by molar-refractivity contribution is 5.97. The first-order valence-electron chi connectivity index (χ1n) is 8.23. The van der Waals surface area contributed by atoms with Crippen molar-refractivity contribution in [3.63, 3.8) is 0 Å².